The van der Waals surface area contributed by atoms with Gasteiger partial charge in [-0.15, -0.1) is 0 Å². The van der Waals surface area contributed by atoms with Crippen LogP contribution in [-0.4, -0.2) is 22.0 Å². The number of nitrogens with one attached hydrogen (secondary N) is 1. The summed E-state index contributed by atoms with van der Waals surface area (Å²) in [5.41, 5.74) is 3.34. The number of benzene rings is 1. The normalized spacial score (nSPS) is 10.4. The maximum absolute atomic E-state index is 4.63. The number of aryl methyl sites for hydroxylation is 1. The van der Waals surface area contributed by atoms with E-state index < -0.39 is 0 Å². The van der Waals surface area contributed by atoms with Gasteiger partial charge in [0, 0.05) is 44.3 Å². The van der Waals surface area contributed by atoms with Gasteiger partial charge in [-0.2, -0.15) is 4.98 Å². The third-order valence-electron chi connectivity index (χ3n) is 3.67. The van der Waals surface area contributed by atoms with Gasteiger partial charge >= 0.3 is 0 Å². The Labute approximate surface area is 142 Å². The van der Waals surface area contributed by atoms with Crippen LogP contribution in [0.1, 0.15) is 16.8 Å². The highest BCUT2D eigenvalue weighted by molar-refractivity contribution is 5.44. The largest absolute Gasteiger partial charge is 0.366 e. The molecule has 5 heteroatoms. The van der Waals surface area contributed by atoms with Crippen LogP contribution in [0.3, 0.4) is 0 Å². The predicted molar refractivity (Wildman–Crippen MR) is 96.9 cm³/mol. The lowest BCUT2D eigenvalue weighted by atomic mass is 10.2. The summed E-state index contributed by atoms with van der Waals surface area (Å²) < 4.78 is 0. The van der Waals surface area contributed by atoms with E-state index in [1.54, 1.807) is 12.4 Å². The van der Waals surface area contributed by atoms with Crippen molar-refractivity contribution in [2.75, 3.05) is 17.3 Å². The third-order valence-corrected chi connectivity index (χ3v) is 3.67. The Balaban J connectivity index is 1.71. The summed E-state index contributed by atoms with van der Waals surface area (Å²) in [5.74, 6) is 1.55. The molecular formula is C19H21N5. The fourth-order valence-corrected chi connectivity index (χ4v) is 2.44. The molecule has 5 nitrogen and oxygen atoms in total. The number of nitrogens with zero attached hydrogens (tertiary/aromatic N) is 4. The molecule has 0 fully saturated rings. The molecule has 1 aromatic carbocycles. The highest BCUT2D eigenvalue weighted by atomic mass is 15.2. The Bertz CT molecular complexity index is 774. The maximum atomic E-state index is 4.63. The standard InChI is InChI=1S/C19H21N5/c1-15-12-18(21-13-16-8-10-20-11-9-16)23-19(22-15)24(2)14-17-6-4-3-5-7-17/h3-12H,13-14H2,1-2H3,(H,21,22,23). The Morgan fingerprint density at radius 1 is 0.958 bits per heavy atom. The molecule has 0 saturated carbocycles. The highest BCUT2D eigenvalue weighted by Gasteiger charge is 2.08. The van der Waals surface area contributed by atoms with Gasteiger partial charge in [0.05, 0.1) is 0 Å². The van der Waals surface area contributed by atoms with Crippen molar-refractivity contribution in [2.24, 2.45) is 0 Å². The van der Waals surface area contributed by atoms with Crippen molar-refractivity contribution in [3.63, 3.8) is 0 Å². The molecule has 1 N–H and O–H groups in total. The van der Waals surface area contributed by atoms with E-state index in [0.717, 1.165) is 24.0 Å². The Hall–Kier alpha value is -2.95. The second kappa shape index (κ2) is 7.55. The van der Waals surface area contributed by atoms with Crippen LogP contribution in [0.5, 0.6) is 0 Å². The first-order chi connectivity index (χ1) is 11.7. The number of hydrogen-bond donors (Lipinski definition) is 1. The molecular weight excluding hydrogens is 298 g/mol. The minimum absolute atomic E-state index is 0.709. The van der Waals surface area contributed by atoms with Gasteiger partial charge in [-0.1, -0.05) is 30.3 Å². The van der Waals surface area contributed by atoms with Crippen LogP contribution in [0.25, 0.3) is 0 Å². The molecule has 3 rings (SSSR count). The number of pyridine rings is 1. The van der Waals surface area contributed by atoms with E-state index in [1.807, 2.05) is 50.4 Å². The van der Waals surface area contributed by atoms with Gasteiger partial charge in [-0.3, -0.25) is 4.98 Å². The average molecular weight is 319 g/mol. The van der Waals surface area contributed by atoms with Gasteiger partial charge in [0.2, 0.25) is 5.95 Å². The van der Waals surface area contributed by atoms with E-state index in [2.05, 4.69) is 37.3 Å². The van der Waals surface area contributed by atoms with Gasteiger partial charge in [-0.05, 0) is 30.2 Å². The highest BCUT2D eigenvalue weighted by Crippen LogP contribution is 2.15. The second-order valence-corrected chi connectivity index (χ2v) is 5.75. The van der Waals surface area contributed by atoms with Crippen molar-refractivity contribution >= 4 is 11.8 Å². The van der Waals surface area contributed by atoms with Crippen molar-refractivity contribution in [1.29, 1.82) is 0 Å². The Kier molecular flexibility index (Phi) is 5.01. The van der Waals surface area contributed by atoms with Gasteiger partial charge in [-0.25, -0.2) is 4.98 Å². The summed E-state index contributed by atoms with van der Waals surface area (Å²) in [7, 11) is 2.01. The summed E-state index contributed by atoms with van der Waals surface area (Å²) in [5, 5.41) is 3.36. The summed E-state index contributed by atoms with van der Waals surface area (Å²) in [6, 6.07) is 16.3. The van der Waals surface area contributed by atoms with Gasteiger partial charge in [0.1, 0.15) is 5.82 Å². The first-order valence-electron chi connectivity index (χ1n) is 7.94. The quantitative estimate of drug-likeness (QED) is 0.754. The zero-order chi connectivity index (χ0) is 16.8. The minimum Gasteiger partial charge on any atom is -0.366 e. The van der Waals surface area contributed by atoms with Crippen LogP contribution in [0.2, 0.25) is 0 Å². The lowest BCUT2D eigenvalue weighted by molar-refractivity contribution is 0.858. The van der Waals surface area contributed by atoms with Crippen molar-refractivity contribution in [2.45, 2.75) is 20.0 Å². The van der Waals surface area contributed by atoms with Gasteiger partial charge in [0.25, 0.3) is 0 Å². The lowest BCUT2D eigenvalue weighted by Crippen LogP contribution is -2.20. The molecule has 24 heavy (non-hydrogen) atoms. The average Bonchev–Trinajstić information content (AvgIpc) is 2.61. The smallest absolute Gasteiger partial charge is 0.227 e. The Morgan fingerprint density at radius 2 is 1.71 bits per heavy atom. The fourth-order valence-electron chi connectivity index (χ4n) is 2.44. The summed E-state index contributed by atoms with van der Waals surface area (Å²) in [6.07, 6.45) is 3.59. The summed E-state index contributed by atoms with van der Waals surface area (Å²) in [4.78, 5) is 15.3. The molecule has 0 aliphatic carbocycles. The molecule has 0 unspecified atom stereocenters. The van der Waals surface area contributed by atoms with Crippen molar-refractivity contribution in [3.05, 3.63) is 77.7 Å². The topological polar surface area (TPSA) is 53.9 Å². The van der Waals surface area contributed by atoms with Gasteiger partial charge in [0.15, 0.2) is 0 Å². The molecule has 0 aliphatic heterocycles. The van der Waals surface area contributed by atoms with Crippen LogP contribution in [-0.2, 0) is 13.1 Å². The van der Waals surface area contributed by atoms with E-state index in [9.17, 15) is 0 Å². The molecule has 0 spiro atoms. The van der Waals surface area contributed by atoms with Crippen molar-refractivity contribution in [3.8, 4) is 0 Å². The van der Waals surface area contributed by atoms with E-state index >= 15 is 0 Å². The van der Waals surface area contributed by atoms with E-state index in [0.29, 0.717) is 6.54 Å². The SMILES string of the molecule is Cc1cc(NCc2ccncc2)nc(N(C)Cc2ccccc2)n1. The number of anilines is 2. The zero-order valence-corrected chi connectivity index (χ0v) is 14.0. The molecule has 0 bridgehead atoms. The fraction of sp³-hybridized carbons (Fsp3) is 0.211. The first kappa shape index (κ1) is 15.9. The molecule has 0 radical (unpaired) electrons. The lowest BCUT2D eigenvalue weighted by Gasteiger charge is -2.18. The van der Waals surface area contributed by atoms with E-state index in [1.165, 1.54) is 11.1 Å². The third kappa shape index (κ3) is 4.29. The zero-order valence-electron chi connectivity index (χ0n) is 14.0. The van der Waals surface area contributed by atoms with Crippen LogP contribution in [0.4, 0.5) is 11.8 Å². The summed E-state index contributed by atoms with van der Waals surface area (Å²) >= 11 is 0. The first-order valence-corrected chi connectivity index (χ1v) is 7.94. The number of hydrogen-bond acceptors (Lipinski definition) is 5. The van der Waals surface area contributed by atoms with Crippen molar-refractivity contribution in [1.82, 2.24) is 15.0 Å². The molecule has 0 saturated heterocycles. The molecule has 0 amide bonds. The van der Waals surface area contributed by atoms with E-state index in [4.69, 9.17) is 0 Å². The minimum atomic E-state index is 0.709. The number of aromatic nitrogens is 3. The Morgan fingerprint density at radius 3 is 2.46 bits per heavy atom. The van der Waals surface area contributed by atoms with E-state index in [-0.39, 0.29) is 0 Å². The van der Waals surface area contributed by atoms with Crippen LogP contribution < -0.4 is 10.2 Å². The maximum Gasteiger partial charge on any atom is 0.227 e. The molecule has 0 atom stereocenters. The monoisotopic (exact) mass is 319 g/mol. The van der Waals surface area contributed by atoms with Crippen LogP contribution in [0.15, 0.2) is 60.9 Å². The predicted octanol–water partition coefficient (Wildman–Crippen LogP) is 3.43. The van der Waals surface area contributed by atoms with Crippen LogP contribution in [0, 0.1) is 6.92 Å². The summed E-state index contributed by atoms with van der Waals surface area (Å²) in [6.45, 7) is 3.47. The molecule has 0 aliphatic rings. The van der Waals surface area contributed by atoms with Gasteiger partial charge < -0.3 is 10.2 Å². The second-order valence-electron chi connectivity index (χ2n) is 5.75. The molecule has 2 heterocycles. The van der Waals surface area contributed by atoms with Crippen molar-refractivity contribution < 1.29 is 0 Å². The van der Waals surface area contributed by atoms with Crippen LogP contribution >= 0.6 is 0 Å². The number of rotatable bonds is 6. The molecule has 122 valence electrons. The molecule has 2 aromatic heterocycles. The molecule has 3 aromatic rings.